The molecule has 1 fully saturated rings. The molecule has 0 aromatic rings. The summed E-state index contributed by atoms with van der Waals surface area (Å²) in [7, 11) is 0. The van der Waals surface area contributed by atoms with Gasteiger partial charge in [-0.05, 0) is 18.3 Å². The molecule has 0 spiro atoms. The minimum atomic E-state index is 0.185. The van der Waals surface area contributed by atoms with Crippen molar-refractivity contribution in [2.45, 2.75) is 32.7 Å². The number of morpholine rings is 1. The SMILES string of the molecule is CCC(CC)(CBr)CN1CCOCC1CO. The van der Waals surface area contributed by atoms with E-state index in [1.807, 2.05) is 0 Å². The lowest BCUT2D eigenvalue weighted by Gasteiger charge is -2.41. The van der Waals surface area contributed by atoms with Gasteiger partial charge in [-0.3, -0.25) is 4.90 Å². The lowest BCUT2D eigenvalue weighted by Crippen LogP contribution is -2.52. The van der Waals surface area contributed by atoms with Crippen LogP contribution in [0.3, 0.4) is 0 Å². The predicted molar refractivity (Wildman–Crippen MR) is 70.1 cm³/mol. The van der Waals surface area contributed by atoms with E-state index in [2.05, 4.69) is 34.7 Å². The fraction of sp³-hybridized carbons (Fsp3) is 1.00. The average Bonchev–Trinajstić information content (AvgIpc) is 2.36. The van der Waals surface area contributed by atoms with Gasteiger partial charge in [0.25, 0.3) is 0 Å². The van der Waals surface area contributed by atoms with E-state index in [4.69, 9.17) is 4.74 Å². The maximum absolute atomic E-state index is 9.34. The highest BCUT2D eigenvalue weighted by molar-refractivity contribution is 9.09. The van der Waals surface area contributed by atoms with E-state index in [1.165, 1.54) is 12.8 Å². The van der Waals surface area contributed by atoms with E-state index in [-0.39, 0.29) is 12.6 Å². The van der Waals surface area contributed by atoms with Gasteiger partial charge in [0.1, 0.15) is 0 Å². The Kier molecular flexibility index (Phi) is 6.26. The van der Waals surface area contributed by atoms with Gasteiger partial charge in [-0.25, -0.2) is 0 Å². The van der Waals surface area contributed by atoms with Crippen LogP contribution in [-0.2, 0) is 4.74 Å². The molecule has 1 heterocycles. The van der Waals surface area contributed by atoms with Crippen LogP contribution < -0.4 is 0 Å². The first-order valence-corrected chi connectivity index (χ1v) is 7.32. The van der Waals surface area contributed by atoms with Crippen molar-refractivity contribution in [3.8, 4) is 0 Å². The molecule has 1 saturated heterocycles. The van der Waals surface area contributed by atoms with Crippen LogP contribution >= 0.6 is 15.9 Å². The highest BCUT2D eigenvalue weighted by atomic mass is 79.9. The first-order valence-electron chi connectivity index (χ1n) is 6.20. The summed E-state index contributed by atoms with van der Waals surface area (Å²) in [4.78, 5) is 2.39. The first kappa shape index (κ1) is 14.4. The minimum absolute atomic E-state index is 0.185. The van der Waals surface area contributed by atoms with Gasteiger partial charge in [-0.1, -0.05) is 29.8 Å². The largest absolute Gasteiger partial charge is 0.395 e. The Hall–Kier alpha value is 0.360. The number of halogens is 1. The maximum Gasteiger partial charge on any atom is 0.0644 e. The Morgan fingerprint density at radius 1 is 1.44 bits per heavy atom. The molecule has 0 aromatic carbocycles. The van der Waals surface area contributed by atoms with Gasteiger partial charge in [-0.15, -0.1) is 0 Å². The number of alkyl halides is 1. The van der Waals surface area contributed by atoms with Crippen molar-refractivity contribution in [3.63, 3.8) is 0 Å². The van der Waals surface area contributed by atoms with Crippen LogP contribution in [-0.4, -0.2) is 54.3 Å². The topological polar surface area (TPSA) is 32.7 Å². The van der Waals surface area contributed by atoms with Crippen molar-refractivity contribution in [1.82, 2.24) is 4.90 Å². The third-order valence-corrected chi connectivity index (χ3v) is 5.07. The van der Waals surface area contributed by atoms with Crippen molar-refractivity contribution in [3.05, 3.63) is 0 Å². The number of nitrogens with zero attached hydrogens (tertiary/aromatic N) is 1. The summed E-state index contributed by atoms with van der Waals surface area (Å²) < 4.78 is 5.41. The van der Waals surface area contributed by atoms with E-state index in [9.17, 15) is 5.11 Å². The third-order valence-electron chi connectivity index (χ3n) is 3.88. The van der Waals surface area contributed by atoms with Gasteiger partial charge in [-0.2, -0.15) is 0 Å². The fourth-order valence-corrected chi connectivity index (χ4v) is 3.17. The third kappa shape index (κ3) is 3.42. The number of rotatable bonds is 6. The molecule has 16 heavy (non-hydrogen) atoms. The summed E-state index contributed by atoms with van der Waals surface area (Å²) in [6, 6.07) is 0.185. The molecule has 1 atom stereocenters. The molecule has 1 unspecified atom stereocenters. The molecule has 0 bridgehead atoms. The predicted octanol–water partition coefficient (Wildman–Crippen LogP) is 1.88. The summed E-state index contributed by atoms with van der Waals surface area (Å²) in [6.45, 7) is 8.16. The van der Waals surface area contributed by atoms with Crippen LogP contribution in [0.15, 0.2) is 0 Å². The van der Waals surface area contributed by atoms with Gasteiger partial charge in [0.15, 0.2) is 0 Å². The zero-order valence-corrected chi connectivity index (χ0v) is 12.0. The highest BCUT2D eigenvalue weighted by Gasteiger charge is 2.32. The second-order valence-corrected chi connectivity index (χ2v) is 5.28. The van der Waals surface area contributed by atoms with Crippen LogP contribution in [0, 0.1) is 5.41 Å². The lowest BCUT2D eigenvalue weighted by atomic mass is 9.83. The maximum atomic E-state index is 9.34. The zero-order valence-electron chi connectivity index (χ0n) is 10.4. The molecule has 1 aliphatic rings. The Labute approximate surface area is 107 Å². The Morgan fingerprint density at radius 3 is 2.62 bits per heavy atom. The molecule has 1 rings (SSSR count). The molecular weight excluding hydrogens is 270 g/mol. The summed E-state index contributed by atoms with van der Waals surface area (Å²) >= 11 is 3.64. The second kappa shape index (κ2) is 6.94. The molecule has 1 aliphatic heterocycles. The fourth-order valence-electron chi connectivity index (χ4n) is 2.20. The molecule has 96 valence electrons. The Bertz CT molecular complexity index is 189. The molecular formula is C12H24BrNO2. The number of hydrogen-bond donors (Lipinski definition) is 1. The first-order chi connectivity index (χ1) is 7.71. The van der Waals surface area contributed by atoms with Crippen LogP contribution in [0.4, 0.5) is 0 Å². The Morgan fingerprint density at radius 2 is 2.12 bits per heavy atom. The number of hydrogen-bond acceptors (Lipinski definition) is 3. The van der Waals surface area contributed by atoms with Gasteiger partial charge in [0.2, 0.25) is 0 Å². The van der Waals surface area contributed by atoms with Gasteiger partial charge in [0, 0.05) is 18.4 Å². The van der Waals surface area contributed by atoms with Gasteiger partial charge >= 0.3 is 0 Å². The van der Waals surface area contributed by atoms with Crippen molar-refractivity contribution in [2.24, 2.45) is 5.41 Å². The van der Waals surface area contributed by atoms with E-state index in [0.717, 1.165) is 25.0 Å². The average molecular weight is 294 g/mol. The molecule has 0 radical (unpaired) electrons. The van der Waals surface area contributed by atoms with E-state index in [0.29, 0.717) is 12.0 Å². The van der Waals surface area contributed by atoms with E-state index >= 15 is 0 Å². The molecule has 3 nitrogen and oxygen atoms in total. The monoisotopic (exact) mass is 293 g/mol. The summed E-state index contributed by atoms with van der Waals surface area (Å²) in [5, 5.41) is 10.4. The molecule has 0 aliphatic carbocycles. The highest BCUT2D eigenvalue weighted by Crippen LogP contribution is 2.31. The van der Waals surface area contributed by atoms with Crippen LogP contribution in [0.2, 0.25) is 0 Å². The van der Waals surface area contributed by atoms with Crippen molar-refractivity contribution >= 4 is 15.9 Å². The summed E-state index contributed by atoms with van der Waals surface area (Å²) in [5.41, 5.74) is 0.338. The Balaban J connectivity index is 2.61. The van der Waals surface area contributed by atoms with Gasteiger partial charge in [0.05, 0.1) is 25.9 Å². The van der Waals surface area contributed by atoms with E-state index in [1.54, 1.807) is 0 Å². The number of aliphatic hydroxyl groups is 1. The van der Waals surface area contributed by atoms with Crippen LogP contribution in [0.25, 0.3) is 0 Å². The number of ether oxygens (including phenoxy) is 1. The molecule has 0 amide bonds. The summed E-state index contributed by atoms with van der Waals surface area (Å²) in [6.07, 6.45) is 2.34. The minimum Gasteiger partial charge on any atom is -0.395 e. The second-order valence-electron chi connectivity index (χ2n) is 4.72. The molecule has 4 heteroatoms. The zero-order chi connectivity index (χ0) is 12.0. The van der Waals surface area contributed by atoms with Crippen molar-refractivity contribution < 1.29 is 9.84 Å². The quantitative estimate of drug-likeness (QED) is 0.759. The van der Waals surface area contributed by atoms with Crippen LogP contribution in [0.1, 0.15) is 26.7 Å². The van der Waals surface area contributed by atoms with Gasteiger partial charge < -0.3 is 9.84 Å². The molecule has 0 saturated carbocycles. The molecule has 0 aromatic heterocycles. The lowest BCUT2D eigenvalue weighted by molar-refractivity contribution is -0.0429. The van der Waals surface area contributed by atoms with E-state index < -0.39 is 0 Å². The smallest absolute Gasteiger partial charge is 0.0644 e. The number of aliphatic hydroxyl groups excluding tert-OH is 1. The van der Waals surface area contributed by atoms with Crippen molar-refractivity contribution in [1.29, 1.82) is 0 Å². The standard InChI is InChI=1S/C12H24BrNO2/c1-3-12(4-2,9-13)10-14-5-6-16-8-11(14)7-15/h11,15H,3-10H2,1-2H3. The van der Waals surface area contributed by atoms with Crippen molar-refractivity contribution in [2.75, 3.05) is 38.2 Å². The normalized spacial score (nSPS) is 23.6. The summed E-state index contributed by atoms with van der Waals surface area (Å²) in [5.74, 6) is 0. The molecule has 1 N–H and O–H groups in total. The van der Waals surface area contributed by atoms with Crippen LogP contribution in [0.5, 0.6) is 0 Å².